The van der Waals surface area contributed by atoms with Gasteiger partial charge in [0.25, 0.3) is 22.2 Å². The first-order valence-electron chi connectivity index (χ1n) is 39.4. The average Bonchev–Trinajstić information content (AvgIpc) is 1.64. The normalized spacial score (nSPS) is 24.7. The van der Waals surface area contributed by atoms with Crippen LogP contribution >= 0.6 is 27.5 Å². The van der Waals surface area contributed by atoms with Gasteiger partial charge < -0.3 is 83.9 Å². The average molecular weight is 1800 g/mol. The zero-order valence-electron chi connectivity index (χ0n) is 70.6. The quantitative estimate of drug-likeness (QED) is 0.0214. The number of aliphatic hydroxyl groups excluding tert-OH is 8. The fourth-order valence-electron chi connectivity index (χ4n) is 13.9. The number of ketones is 3. The minimum atomic E-state index is -1.71. The predicted octanol–water partition coefficient (Wildman–Crippen LogP) is 1.14. The van der Waals surface area contributed by atoms with Crippen LogP contribution in [0.1, 0.15) is 113 Å². The number of nitrogens with zero attached hydrogens (tertiary/aromatic N) is 5. The van der Waals surface area contributed by atoms with Gasteiger partial charge in [0, 0.05) is 30.9 Å². The molecule has 6 aromatic rings. The third kappa shape index (κ3) is 26.4. The number of ether oxygens (including phenoxy) is 8. The molecule has 0 saturated carbocycles. The van der Waals surface area contributed by atoms with Crippen molar-refractivity contribution in [2.45, 2.75) is 177 Å². The van der Waals surface area contributed by atoms with Gasteiger partial charge in [0.15, 0.2) is 48.4 Å². The van der Waals surface area contributed by atoms with Crippen molar-refractivity contribution in [3.63, 3.8) is 0 Å². The van der Waals surface area contributed by atoms with Crippen LogP contribution in [0.15, 0.2) is 118 Å². The standard InChI is InChI=1S/C31H35N2O9P.C18H29N2O7P.2C16H25N2O7P/c1-17(34)27(42-31(39)40-16-23-20-11-7-5-9-18(20)19-10-6-8-12-21(19)23)22-15-33(30(38)32-28(22)37)29-26(36)25(35)24(41-29)13-14-43(2,3)4;1-11(17(24)25)5-8-19-13(21)6-9-20(18(19)26)16-15(23)14(22)12(27-16)7-10-28(2,3)4;2*1-9(19)8-24-11-7-18(16(23)17-14(11)22)15-13(21)12(20)10(25-15)5-6-26(2,3)4/h5-12,15,23-27,29,35-36H,2,13-14,16H2,1,3-4H3,(H,32,37,38);6,9,11-12,14-16,22-23H,2,5,7-8,10H2,1,3-4H3,(H,24,25);2*7,10,12-13,15,20-21H,2,5-6,8H2,1,3-4H3,(H,17,22,23)/t24-,25-,26-,27?,29-;11?,12-,14-,15-,16-;2*10-,12-,13-,15-/m1111/s1. The highest BCUT2D eigenvalue weighted by molar-refractivity contribution is 7.73. The van der Waals surface area contributed by atoms with E-state index in [1.807, 2.05) is 88.5 Å². The van der Waals surface area contributed by atoms with Gasteiger partial charge in [-0.3, -0.25) is 76.1 Å². The lowest BCUT2D eigenvalue weighted by Gasteiger charge is -2.21. The molecule has 42 heteroatoms. The first-order valence-corrected chi connectivity index (χ1v) is 51.6. The summed E-state index contributed by atoms with van der Waals surface area (Å²) in [5.41, 5.74) is -2.69. The highest BCUT2D eigenvalue weighted by Crippen LogP contribution is 2.46. The van der Waals surface area contributed by atoms with E-state index in [1.165, 1.54) is 27.0 Å². The van der Waals surface area contributed by atoms with E-state index in [-0.39, 0.29) is 67.3 Å². The number of benzene rings is 2. The van der Waals surface area contributed by atoms with E-state index in [2.05, 4.69) is 53.5 Å². The van der Waals surface area contributed by atoms with Gasteiger partial charge in [0.05, 0.1) is 48.3 Å². The zero-order valence-corrected chi connectivity index (χ0v) is 74.2. The molecule has 4 aliphatic heterocycles. The molecule has 4 aromatic heterocycles. The number of Topliss-reactive ketones (excluding diaryl/α,β-unsaturated/α-hetero) is 3. The molecule has 0 spiro atoms. The van der Waals surface area contributed by atoms with Crippen molar-refractivity contribution >= 4 is 82.2 Å². The lowest BCUT2D eigenvalue weighted by Crippen LogP contribution is -2.43. The smallest absolute Gasteiger partial charge is 0.481 e. The molecule has 8 heterocycles. The number of carbonyl (C=O) groups is 5. The highest BCUT2D eigenvalue weighted by atomic mass is 31.2. The Labute approximate surface area is 706 Å². The molecule has 38 nitrogen and oxygen atoms in total. The SMILES string of the molecule is C=P(C)(C)CC[C@H]1O[C@@H](n2cc(C(OC(=O)OCC3c4ccccc4-c4ccccc43)C(C)=O)c(=O)[nH]c2=O)[C@H](O)[C@@H]1O.C=P(C)(C)CC[C@H]1O[C@@H](n2cc(OCC(C)=O)c(=O)[nH]c2=O)[C@H](O)[C@@H]1O.C=P(C)(C)CC[C@H]1O[C@@H](n2cc(OCC(C)=O)c(=O)[nH]c2=O)[C@H](O)[C@@H]1O.C=P(C)(C)CC[C@H]1O[C@@H](n2ccc(=O)n(CCC(C)C(=O)O)c2=O)[C@H](O)[C@@H]1O. The number of nitrogens with one attached hydrogen (secondary N) is 3. The number of aliphatic hydroxyl groups is 8. The molecular formula is C81H114N8O30P4. The number of carboxylic acid groups (broad SMARTS) is 1. The van der Waals surface area contributed by atoms with Gasteiger partial charge in [0.2, 0.25) is 11.5 Å². The molecule has 1 aliphatic carbocycles. The first kappa shape index (κ1) is 99.7. The molecule has 123 heavy (non-hydrogen) atoms. The largest absolute Gasteiger partial charge is 0.509 e. The minimum absolute atomic E-state index is 0.0684. The van der Waals surface area contributed by atoms with E-state index in [9.17, 15) is 103 Å². The van der Waals surface area contributed by atoms with Crippen LogP contribution < -0.4 is 54.5 Å². The van der Waals surface area contributed by atoms with Crippen LogP contribution in [0.2, 0.25) is 0 Å². The summed E-state index contributed by atoms with van der Waals surface area (Å²) >= 11 is 0. The Morgan fingerprint density at radius 3 is 1.16 bits per heavy atom. The summed E-state index contributed by atoms with van der Waals surface area (Å²) in [7, 11) is 0. The van der Waals surface area contributed by atoms with E-state index >= 15 is 0 Å². The van der Waals surface area contributed by atoms with Crippen molar-refractivity contribution in [1.82, 2.24) is 37.8 Å². The molecule has 4 saturated heterocycles. The Hall–Kier alpha value is -8.77. The Morgan fingerprint density at radius 1 is 0.480 bits per heavy atom. The Kier molecular flexibility index (Phi) is 34.0. The minimum Gasteiger partial charge on any atom is -0.481 e. The molecule has 0 bridgehead atoms. The fraction of sp³-hybridized carbons (Fsp3) is 0.543. The van der Waals surface area contributed by atoms with Crippen molar-refractivity contribution in [3.05, 3.63) is 179 Å². The fourth-order valence-corrected chi connectivity index (χ4v) is 17.7. The zero-order chi connectivity index (χ0) is 91.6. The van der Waals surface area contributed by atoms with Crippen LogP contribution in [0.5, 0.6) is 11.5 Å². The topological polar surface area (TPSA) is 550 Å². The number of fused-ring (bicyclic) bond motifs is 3. The van der Waals surface area contributed by atoms with Crippen molar-refractivity contribution in [1.29, 1.82) is 0 Å². The molecule has 11 rings (SSSR count). The molecule has 0 radical (unpaired) electrons. The van der Waals surface area contributed by atoms with Crippen molar-refractivity contribution < 1.29 is 108 Å². The van der Waals surface area contributed by atoms with Gasteiger partial charge in [-0.1, -0.05) is 55.5 Å². The van der Waals surface area contributed by atoms with Crippen LogP contribution in [0.4, 0.5) is 4.79 Å². The Balaban J connectivity index is 0.000000209. The van der Waals surface area contributed by atoms with Gasteiger partial charge in [-0.05, 0) is 153 Å². The number of aliphatic carboxylic acids is 1. The molecule has 2 unspecified atom stereocenters. The van der Waals surface area contributed by atoms with E-state index in [1.54, 1.807) is 0 Å². The van der Waals surface area contributed by atoms with Crippen LogP contribution in [0.25, 0.3) is 11.1 Å². The first-order chi connectivity index (χ1) is 57.3. The molecule has 5 aliphatic rings. The molecule has 0 amide bonds. The lowest BCUT2D eigenvalue weighted by molar-refractivity contribution is -0.141. The second kappa shape index (κ2) is 42.0. The van der Waals surface area contributed by atoms with Crippen LogP contribution in [-0.2, 0) is 54.1 Å². The Morgan fingerprint density at radius 2 is 0.821 bits per heavy atom. The van der Waals surface area contributed by atoms with Gasteiger partial charge in [-0.2, -0.15) is 0 Å². The molecular weight excluding hydrogens is 1690 g/mol. The number of H-pyrrole nitrogens is 3. The predicted molar refractivity (Wildman–Crippen MR) is 467 cm³/mol. The number of aromatic amines is 3. The van der Waals surface area contributed by atoms with Crippen LogP contribution in [0.3, 0.4) is 0 Å². The Bertz CT molecular complexity index is 5350. The maximum Gasteiger partial charge on any atom is 0.509 e. The van der Waals surface area contributed by atoms with E-state index in [0.717, 1.165) is 95.2 Å². The second-order valence-electron chi connectivity index (χ2n) is 33.9. The molecule has 2 aromatic carbocycles. The number of aromatic nitrogens is 8. The number of hydrogen-bond donors (Lipinski definition) is 12. The number of hydrogen-bond acceptors (Lipinski definition) is 29. The van der Waals surface area contributed by atoms with Gasteiger partial charge in [0.1, 0.15) is 68.7 Å². The van der Waals surface area contributed by atoms with Gasteiger partial charge in [-0.25, -0.2) is 24.0 Å². The van der Waals surface area contributed by atoms with Crippen molar-refractivity contribution in [3.8, 4) is 22.6 Å². The second-order valence-corrected chi connectivity index (χ2v) is 51.2. The summed E-state index contributed by atoms with van der Waals surface area (Å²) in [5.74, 6) is -3.77. The molecule has 12 N–H and O–H groups in total. The monoisotopic (exact) mass is 1800 g/mol. The number of carboxylic acids is 1. The molecule has 4 fully saturated rings. The molecule has 678 valence electrons. The third-order valence-corrected chi connectivity index (χ3v) is 26.6. The molecule has 18 atom stereocenters. The van der Waals surface area contributed by atoms with E-state index in [0.29, 0.717) is 31.8 Å². The van der Waals surface area contributed by atoms with Gasteiger partial charge >= 0.3 is 34.9 Å². The summed E-state index contributed by atoms with van der Waals surface area (Å²) in [6.45, 7) is 15.3. The van der Waals surface area contributed by atoms with Crippen molar-refractivity contribution in [2.75, 3.05) is 97.8 Å². The number of carbonyl (C=O) groups excluding carboxylic acids is 4. The maximum atomic E-state index is 12.8. The lowest BCUT2D eigenvalue weighted by atomic mass is 9.98. The van der Waals surface area contributed by atoms with E-state index < -0.39 is 201 Å². The van der Waals surface area contributed by atoms with Crippen LogP contribution in [-0.4, -0.2) is 309 Å². The van der Waals surface area contributed by atoms with Crippen LogP contribution in [0, 0.1) is 5.92 Å². The van der Waals surface area contributed by atoms with E-state index in [4.69, 9.17) is 43.0 Å². The summed E-state index contributed by atoms with van der Waals surface area (Å²) < 4.78 is 48.6. The third-order valence-electron chi connectivity index (χ3n) is 20.7. The summed E-state index contributed by atoms with van der Waals surface area (Å²) in [6, 6.07) is 16.7. The maximum absolute atomic E-state index is 12.8. The summed E-state index contributed by atoms with van der Waals surface area (Å²) in [4.78, 5) is 163. The summed E-state index contributed by atoms with van der Waals surface area (Å²) in [6.07, 6.45) is 5.02. The summed E-state index contributed by atoms with van der Waals surface area (Å²) in [5, 5.41) is 92.0. The van der Waals surface area contributed by atoms with Gasteiger partial charge in [-0.15, -0.1) is 52.7 Å². The highest BCUT2D eigenvalue weighted by Gasteiger charge is 2.48. The van der Waals surface area contributed by atoms with Crippen molar-refractivity contribution in [2.24, 2.45) is 5.92 Å². The number of rotatable bonds is 31.